The van der Waals surface area contributed by atoms with Crippen molar-refractivity contribution in [3.8, 4) is 46.3 Å². The number of carbonyl (C=O) groups is 3. The van der Waals surface area contributed by atoms with E-state index in [1.807, 2.05) is 24.3 Å². The average molecular weight is 1310 g/mol. The normalized spacial score (nSPS) is 29.4. The number of nitrogens with zero attached hydrogens (tertiary/aromatic N) is 2. The summed E-state index contributed by atoms with van der Waals surface area (Å²) in [6, 6.07) is 19.5. The maximum Gasteiger partial charge on any atom is 0.302 e. The molecular weight excluding hydrogens is 1220 g/mol. The molecule has 0 unspecified atom stereocenters. The third-order valence-electron chi connectivity index (χ3n) is 24.5. The number of ketones is 2. The van der Waals surface area contributed by atoms with E-state index in [0.717, 1.165) is 132 Å². The molecule has 0 saturated heterocycles. The van der Waals surface area contributed by atoms with Gasteiger partial charge in [-0.15, -0.1) is 0 Å². The first kappa shape index (κ1) is 64.5. The molecule has 11 atom stereocenters. The van der Waals surface area contributed by atoms with Gasteiger partial charge >= 0.3 is 5.97 Å². The number of aromatic hydroxyl groups is 3. The molecular formula is C82H92N4O11. The number of phenolic OH excluding ortho intramolecular Hbond substituents is 3. The summed E-state index contributed by atoms with van der Waals surface area (Å²) in [5.41, 5.74) is 8.10. The van der Waals surface area contributed by atoms with Crippen LogP contribution in [0.5, 0.6) is 34.5 Å². The highest BCUT2D eigenvalue weighted by atomic mass is 16.5. The molecule has 10 aliphatic rings. The molecule has 3 spiro atoms. The second-order valence-electron chi connectivity index (χ2n) is 30.4. The number of dihydropyridines is 1. The van der Waals surface area contributed by atoms with Crippen molar-refractivity contribution in [1.29, 1.82) is 0 Å². The summed E-state index contributed by atoms with van der Waals surface area (Å²) in [6.45, 7) is 4.49. The number of aliphatic hydroxyl groups excluding tert-OH is 2. The maximum atomic E-state index is 15.9. The van der Waals surface area contributed by atoms with Gasteiger partial charge in [0, 0.05) is 116 Å². The topological polar surface area (TPSA) is 216 Å². The SMILES string of the molecule is COc1cc2cc(O)c1Oc1cc(O)cc(c1)CC[C@H](CO)C[C@@H]1CC[C@@]3(CC[C@@]4(Cc5c6c(ccc7c6cn5[C@@H]2CC(=O)C[C@H](OC(C)=O)CC[C@]25Cc6c[nH]cc6[C@H](C#CCC2=CC=C[C@H]5C)[C@@H](c2cccc(O)c2)C2=CCNC(=C2)N7CCC(=O)C2CCCC2)[C@H]4O)C3)C1. The number of methoxy groups -OCH3 is 1. The number of carbonyl (C=O) groups excluding carboxylic acids is 3. The van der Waals surface area contributed by atoms with Crippen molar-refractivity contribution >= 4 is 34.0 Å². The molecule has 4 aromatic carbocycles. The molecule has 97 heavy (non-hydrogen) atoms. The Bertz CT molecular complexity index is 4280. The summed E-state index contributed by atoms with van der Waals surface area (Å²) in [6.07, 6.45) is 30.0. The summed E-state index contributed by atoms with van der Waals surface area (Å²) in [5.74, 6) is 8.06. The lowest BCUT2D eigenvalue weighted by Crippen LogP contribution is -2.37. The minimum atomic E-state index is -0.838. The van der Waals surface area contributed by atoms with Gasteiger partial charge < -0.3 is 59.5 Å². The zero-order valence-corrected chi connectivity index (χ0v) is 56.2. The van der Waals surface area contributed by atoms with E-state index in [9.17, 15) is 35.1 Å². The molecule has 0 radical (unpaired) electrons. The van der Waals surface area contributed by atoms with Gasteiger partial charge in [-0.1, -0.05) is 79.7 Å². The van der Waals surface area contributed by atoms with E-state index in [4.69, 9.17) is 14.2 Å². The Labute approximate surface area is 568 Å². The molecule has 15 nitrogen and oxygen atoms in total. The lowest BCUT2D eigenvalue weighted by molar-refractivity contribution is -0.148. The Hall–Kier alpha value is -8.45. The molecule has 506 valence electrons. The van der Waals surface area contributed by atoms with Crippen LogP contribution in [-0.2, 0) is 38.4 Å². The summed E-state index contributed by atoms with van der Waals surface area (Å²) in [4.78, 5) is 49.8. The number of rotatable bonds is 8. The summed E-state index contributed by atoms with van der Waals surface area (Å²) in [7, 11) is 1.51. The summed E-state index contributed by atoms with van der Waals surface area (Å²) in [5, 5.41) is 65.2. The quantitative estimate of drug-likeness (QED) is 0.0558. The van der Waals surface area contributed by atoms with Gasteiger partial charge in [-0.05, 0) is 207 Å². The van der Waals surface area contributed by atoms with E-state index in [-0.39, 0.29) is 101 Å². The van der Waals surface area contributed by atoms with E-state index in [2.05, 4.69) is 106 Å². The molecule has 6 aliphatic carbocycles. The molecule has 4 aliphatic heterocycles. The van der Waals surface area contributed by atoms with Crippen LogP contribution in [0.4, 0.5) is 5.69 Å². The van der Waals surface area contributed by atoms with Crippen LogP contribution in [0.15, 0.2) is 133 Å². The smallest absolute Gasteiger partial charge is 0.302 e. The number of H-pyrrole nitrogens is 1. The predicted octanol–water partition coefficient (Wildman–Crippen LogP) is 15.0. The van der Waals surface area contributed by atoms with E-state index in [1.54, 1.807) is 18.2 Å². The molecule has 6 aromatic rings. The molecule has 3 fully saturated rings. The number of esters is 1. The highest BCUT2D eigenvalue weighted by Crippen LogP contribution is 2.66. The molecule has 6 heterocycles. The predicted molar refractivity (Wildman–Crippen MR) is 373 cm³/mol. The van der Waals surface area contributed by atoms with Gasteiger partial charge in [-0.3, -0.25) is 14.4 Å². The number of anilines is 1. The van der Waals surface area contributed by atoms with E-state index >= 15 is 4.79 Å². The minimum Gasteiger partial charge on any atom is -0.508 e. The number of nitrogens with one attached hydrogen (secondary N) is 2. The van der Waals surface area contributed by atoms with Crippen molar-refractivity contribution < 1.29 is 54.1 Å². The molecule has 7 N–H and O–H groups in total. The van der Waals surface area contributed by atoms with Crippen molar-refractivity contribution in [2.24, 2.45) is 39.9 Å². The van der Waals surface area contributed by atoms with Gasteiger partial charge in [0.25, 0.3) is 0 Å². The van der Waals surface area contributed by atoms with E-state index < -0.39 is 35.0 Å². The van der Waals surface area contributed by atoms with Crippen LogP contribution in [0, 0.1) is 51.8 Å². The minimum absolute atomic E-state index is 0.0000182. The Morgan fingerprint density at radius 3 is 2.59 bits per heavy atom. The molecule has 0 amide bonds. The van der Waals surface area contributed by atoms with Gasteiger partial charge in [-0.2, -0.15) is 0 Å². The second-order valence-corrected chi connectivity index (χ2v) is 30.4. The van der Waals surface area contributed by atoms with E-state index in [0.29, 0.717) is 75.3 Å². The number of aliphatic hydroxyl groups is 2. The first-order valence-corrected chi connectivity index (χ1v) is 35.8. The number of Topliss-reactive ketones (excluding diaryl/α,β-unsaturated/α-hetero) is 2. The Morgan fingerprint density at radius 1 is 0.897 bits per heavy atom. The van der Waals surface area contributed by atoms with Crippen LogP contribution in [-0.4, -0.2) is 85.5 Å². The molecule has 3 saturated carbocycles. The van der Waals surface area contributed by atoms with Crippen LogP contribution in [0.1, 0.15) is 192 Å². The molecule has 15 heteroatoms. The van der Waals surface area contributed by atoms with Crippen LogP contribution in [0.25, 0.3) is 10.8 Å². The largest absolute Gasteiger partial charge is 0.508 e. The number of benzene rings is 4. The second kappa shape index (κ2) is 26.1. The fraction of sp³-hybridized carbons (Fsp3) is 0.476. The number of aromatic nitrogens is 2. The van der Waals surface area contributed by atoms with Gasteiger partial charge in [0.05, 0.1) is 30.9 Å². The average Bonchev–Trinajstić information content (AvgIpc) is 1.56. The monoisotopic (exact) mass is 1310 g/mol. The van der Waals surface area contributed by atoms with E-state index in [1.165, 1.54) is 25.7 Å². The fourth-order valence-corrected chi connectivity index (χ4v) is 19.8. The number of allylic oxidation sites excluding steroid dienone is 6. The standard InChI is InChI=1S/C82H92N4O11/c1-49-9-6-13-59-14-8-16-65-67-45-83-44-58(67)42-82(49,59)26-22-63(96-50(2)88)38-62(91)40-70-57-35-73(93)78(74(36-57)95-3)97-64-33-51(32-61(90)39-64)17-18-53(47-87)31-52-21-25-80(41-52)27-28-81(48-80)43-71-77-66(79(81)94)19-20-69(68(77)46-86(70)71)85(30-24-72(92)54-10-4-5-11-54)75-37-56(23-29-84-75)76(65)55-12-7-15-60(89)34-55/h6-7,9,12-13,15,19-20,23,32-37,39,44-46,49,52-54,63,65,70,76,79,83-84,87,89-90,93-94H,4-5,10-11,14,17-18,21-22,24-31,38,40-43,47-48H2,1-3H3/t49-,52+,53+,63-,65+,70-,76+,79-,80-,81-,82-/m1/s1. The van der Waals surface area contributed by atoms with Crippen molar-refractivity contribution in [2.75, 3.05) is 31.7 Å². The third kappa shape index (κ3) is 12.2. The number of fused-ring (bicyclic) bond motifs is 6. The van der Waals surface area contributed by atoms with Gasteiger partial charge in [0.2, 0.25) is 5.75 Å². The van der Waals surface area contributed by atoms with Crippen LogP contribution < -0.4 is 19.7 Å². The van der Waals surface area contributed by atoms with Crippen LogP contribution in [0.3, 0.4) is 0 Å². The maximum absolute atomic E-state index is 15.9. The lowest BCUT2D eigenvalue weighted by Gasteiger charge is -2.43. The number of ether oxygens (including phenoxy) is 3. The number of aryl methyl sites for hydroxylation is 1. The highest BCUT2D eigenvalue weighted by Gasteiger charge is 2.57. The number of hydrogen-bond donors (Lipinski definition) is 7. The Balaban J connectivity index is 0.963. The molecule has 14 bridgehead atoms. The number of phenols is 3. The van der Waals surface area contributed by atoms with Gasteiger partial charge in [-0.25, -0.2) is 0 Å². The zero-order valence-electron chi connectivity index (χ0n) is 56.2. The van der Waals surface area contributed by atoms with Crippen molar-refractivity contribution in [3.63, 3.8) is 0 Å². The zero-order chi connectivity index (χ0) is 66.9. The van der Waals surface area contributed by atoms with Crippen LogP contribution >= 0.6 is 0 Å². The molecule has 2 aromatic heterocycles. The molecule has 16 rings (SSSR count). The Kier molecular flexibility index (Phi) is 17.4. The van der Waals surface area contributed by atoms with Crippen LogP contribution in [0.2, 0.25) is 0 Å². The summed E-state index contributed by atoms with van der Waals surface area (Å²) >= 11 is 0. The van der Waals surface area contributed by atoms with Crippen molar-refractivity contribution in [3.05, 3.63) is 172 Å². The van der Waals surface area contributed by atoms with Crippen molar-refractivity contribution in [1.82, 2.24) is 14.9 Å². The number of hydrogen-bond acceptors (Lipinski definition) is 13. The fourth-order valence-electron chi connectivity index (χ4n) is 19.8. The van der Waals surface area contributed by atoms with Gasteiger partial charge in [0.1, 0.15) is 40.7 Å². The van der Waals surface area contributed by atoms with Gasteiger partial charge in [0.15, 0.2) is 11.5 Å². The Morgan fingerprint density at radius 2 is 1.76 bits per heavy atom. The number of aromatic amines is 1. The summed E-state index contributed by atoms with van der Waals surface area (Å²) < 4.78 is 21.3. The highest BCUT2D eigenvalue weighted by molar-refractivity contribution is 6.01. The first-order valence-electron chi connectivity index (χ1n) is 35.8. The lowest BCUT2D eigenvalue weighted by atomic mass is 9.61. The third-order valence-corrected chi connectivity index (χ3v) is 24.5. The van der Waals surface area contributed by atoms with Crippen molar-refractivity contribution in [2.45, 2.75) is 179 Å². The first-order chi connectivity index (χ1) is 47.0.